The summed E-state index contributed by atoms with van der Waals surface area (Å²) in [6, 6.07) is 40.4. The molecule has 0 bridgehead atoms. The fourth-order valence-electron chi connectivity index (χ4n) is 4.46. The zero-order valence-corrected chi connectivity index (χ0v) is 23.6. The number of rotatable bonds is 6. The molecule has 0 fully saturated rings. The van der Waals surface area contributed by atoms with Crippen molar-refractivity contribution in [3.63, 3.8) is 0 Å². The molecule has 0 atom stereocenters. The molecule has 0 spiro atoms. The molecule has 188 valence electrons. The molecule has 0 saturated heterocycles. The molecule has 0 saturated carbocycles. The van der Waals surface area contributed by atoms with E-state index in [4.69, 9.17) is 6.15 Å². The third kappa shape index (κ3) is 4.98. The molecule has 7 heteroatoms. The molecule has 0 unspecified atom stereocenters. The Morgan fingerprint density at radius 1 is 0.462 bits per heavy atom. The molecule has 6 rings (SSSR count). The number of hydrogen-bond acceptors (Lipinski definition) is 6. The van der Waals surface area contributed by atoms with Crippen molar-refractivity contribution < 1.29 is 15.7 Å². The fourth-order valence-corrected chi connectivity index (χ4v) is 12.6. The Kier molecular flexibility index (Phi) is 6.77. The van der Waals surface area contributed by atoms with Crippen molar-refractivity contribution in [2.24, 2.45) is 0 Å². The zero-order chi connectivity index (χ0) is 26.7. The molecule has 0 aliphatic heterocycles. The van der Waals surface area contributed by atoms with Gasteiger partial charge in [0, 0.05) is 0 Å². The number of benzene rings is 4. The molecule has 2 heterocycles. The Morgan fingerprint density at radius 2 is 0.846 bits per heavy atom. The molecule has 0 N–H and O–H groups in total. The van der Waals surface area contributed by atoms with Gasteiger partial charge >= 0.3 is 231 Å². The van der Waals surface area contributed by atoms with E-state index in [0.717, 1.165) is 10.8 Å². The first-order chi connectivity index (χ1) is 19.1. The summed E-state index contributed by atoms with van der Waals surface area (Å²) in [7, 11) is 0. The van der Waals surface area contributed by atoms with Crippen molar-refractivity contribution in [1.29, 1.82) is 0 Å². The van der Waals surface area contributed by atoms with Crippen LogP contribution < -0.4 is 7.16 Å². The second-order valence-corrected chi connectivity index (χ2v) is 16.9. The monoisotopic (exact) mass is 618 g/mol. The second-order valence-electron chi connectivity index (χ2n) is 8.91. The number of nitrogens with zero attached hydrogens (tertiary/aromatic N) is 2. The molecule has 6 nitrogen and oxygen atoms in total. The molecular weight excluding hydrogens is 595 g/mol. The number of carbonyl (C=O) groups is 2. The van der Waals surface area contributed by atoms with Gasteiger partial charge in [-0.25, -0.2) is 0 Å². The number of hydrogen-bond donors (Lipinski definition) is 0. The van der Waals surface area contributed by atoms with Crippen LogP contribution in [0.15, 0.2) is 133 Å². The van der Waals surface area contributed by atoms with Gasteiger partial charge in [-0.2, -0.15) is 0 Å². The summed E-state index contributed by atoms with van der Waals surface area (Å²) in [6.07, 6.45) is 0. The van der Waals surface area contributed by atoms with E-state index < -0.39 is 31.1 Å². The maximum atomic E-state index is 13.7. The first-order valence-corrected chi connectivity index (χ1v) is 17.6. The summed E-state index contributed by atoms with van der Waals surface area (Å²) < 4.78 is 14.1. The average Bonchev–Trinajstić information content (AvgIpc) is 3.01. The third-order valence-corrected chi connectivity index (χ3v) is 15.3. The number of carbonyl (C=O) groups excluding carboxylic acids is 2. The van der Waals surface area contributed by atoms with Crippen molar-refractivity contribution in [2.75, 3.05) is 0 Å². The van der Waals surface area contributed by atoms with E-state index in [9.17, 15) is 9.59 Å². The van der Waals surface area contributed by atoms with Gasteiger partial charge in [-0.1, -0.05) is 0 Å². The van der Waals surface area contributed by atoms with E-state index in [1.807, 2.05) is 121 Å². The SMILES string of the molecule is O=C([O][Sn]([O]C(=O)c1ccc2ccccc2n1)([c]1ccccc1)[c]1ccccc1)c1ccc2ccccc2n1. The first-order valence-electron chi connectivity index (χ1n) is 12.4. The summed E-state index contributed by atoms with van der Waals surface area (Å²) >= 11 is -5.00. The van der Waals surface area contributed by atoms with Gasteiger partial charge < -0.3 is 0 Å². The van der Waals surface area contributed by atoms with Crippen LogP contribution in [0.4, 0.5) is 0 Å². The van der Waals surface area contributed by atoms with Crippen LogP contribution in [0.25, 0.3) is 21.8 Å². The Hall–Kier alpha value is -4.56. The number of aromatic nitrogens is 2. The fraction of sp³-hybridized carbons (Fsp3) is 0. The van der Waals surface area contributed by atoms with Gasteiger partial charge in [-0.05, 0) is 0 Å². The summed E-state index contributed by atoms with van der Waals surface area (Å²) in [5.74, 6) is -1.30. The zero-order valence-electron chi connectivity index (χ0n) is 20.7. The van der Waals surface area contributed by atoms with E-state index in [0.29, 0.717) is 18.2 Å². The van der Waals surface area contributed by atoms with Crippen molar-refractivity contribution in [3.8, 4) is 0 Å². The Morgan fingerprint density at radius 3 is 1.28 bits per heavy atom. The molecule has 0 aliphatic rings. The van der Waals surface area contributed by atoms with Gasteiger partial charge in [0.1, 0.15) is 0 Å². The Balaban J connectivity index is 1.46. The van der Waals surface area contributed by atoms with Crippen LogP contribution in [0, 0.1) is 0 Å². The molecule has 0 aliphatic carbocycles. The second kappa shape index (κ2) is 10.7. The van der Waals surface area contributed by atoms with Crippen molar-refractivity contribution in [2.45, 2.75) is 0 Å². The number of fused-ring (bicyclic) bond motifs is 2. The molecule has 6 aromatic rings. The van der Waals surface area contributed by atoms with Gasteiger partial charge in [0.05, 0.1) is 0 Å². The molecule has 2 aromatic heterocycles. The minimum atomic E-state index is -5.00. The Bertz CT molecular complexity index is 1680. The van der Waals surface area contributed by atoms with Gasteiger partial charge in [-0.3, -0.25) is 0 Å². The summed E-state index contributed by atoms with van der Waals surface area (Å²) in [4.78, 5) is 36.5. The summed E-state index contributed by atoms with van der Waals surface area (Å²) in [5, 5.41) is 1.81. The van der Waals surface area contributed by atoms with Gasteiger partial charge in [-0.15, -0.1) is 0 Å². The van der Waals surface area contributed by atoms with Crippen LogP contribution in [0.3, 0.4) is 0 Å². The van der Waals surface area contributed by atoms with Crippen LogP contribution in [0.5, 0.6) is 0 Å². The van der Waals surface area contributed by atoms with Gasteiger partial charge in [0.2, 0.25) is 0 Å². The van der Waals surface area contributed by atoms with Crippen LogP contribution >= 0.6 is 0 Å². The van der Waals surface area contributed by atoms with Crippen LogP contribution in [0.1, 0.15) is 21.0 Å². The molecule has 4 aromatic carbocycles. The van der Waals surface area contributed by atoms with Crippen molar-refractivity contribution >= 4 is 60.1 Å². The van der Waals surface area contributed by atoms with E-state index in [1.54, 1.807) is 12.1 Å². The maximum absolute atomic E-state index is 13.7. The first kappa shape index (κ1) is 24.8. The predicted molar refractivity (Wildman–Crippen MR) is 152 cm³/mol. The van der Waals surface area contributed by atoms with E-state index in [1.165, 1.54) is 0 Å². The topological polar surface area (TPSA) is 78.4 Å². The van der Waals surface area contributed by atoms with Gasteiger partial charge in [0.25, 0.3) is 0 Å². The van der Waals surface area contributed by atoms with E-state index in [2.05, 4.69) is 9.97 Å². The van der Waals surface area contributed by atoms with E-state index in [-0.39, 0.29) is 11.4 Å². The molecule has 0 amide bonds. The third-order valence-electron chi connectivity index (χ3n) is 6.40. The van der Waals surface area contributed by atoms with Gasteiger partial charge in [0.15, 0.2) is 0 Å². The normalized spacial score (nSPS) is 11.3. The average molecular weight is 617 g/mol. The number of para-hydroxylation sites is 2. The van der Waals surface area contributed by atoms with Crippen LogP contribution in [-0.2, 0) is 6.15 Å². The molecule has 39 heavy (non-hydrogen) atoms. The van der Waals surface area contributed by atoms with Crippen LogP contribution in [0.2, 0.25) is 0 Å². The van der Waals surface area contributed by atoms with Crippen LogP contribution in [-0.4, -0.2) is 41.1 Å². The minimum absolute atomic E-state index is 0.140. The van der Waals surface area contributed by atoms with Crippen molar-refractivity contribution in [1.82, 2.24) is 9.97 Å². The van der Waals surface area contributed by atoms with Crippen molar-refractivity contribution in [3.05, 3.63) is 145 Å². The molecule has 0 radical (unpaired) electrons. The quantitative estimate of drug-likeness (QED) is 0.244. The summed E-state index contributed by atoms with van der Waals surface area (Å²) in [5.41, 5.74) is 1.62. The van der Waals surface area contributed by atoms with E-state index >= 15 is 0 Å². The standard InChI is InChI=1S/2C10H7NO2.2C6H5.Sn/c2*12-10(13)9-6-5-7-3-1-2-4-8(7)11-9;2*1-2-4-6-5-3-1;/h2*1-6H,(H,12,13);2*1-5H;/q;;;;+2/p-2. The predicted octanol–water partition coefficient (Wildman–Crippen LogP) is 5.05. The molecular formula is C32H22N2O4Sn. The number of pyridine rings is 2. The summed E-state index contributed by atoms with van der Waals surface area (Å²) in [6.45, 7) is 0. The Labute approximate surface area is 229 Å².